The lowest BCUT2D eigenvalue weighted by Gasteiger charge is -2.23. The number of carboxylic acid groups (broad SMARTS) is 1. The summed E-state index contributed by atoms with van der Waals surface area (Å²) < 4.78 is 39.2. The van der Waals surface area contributed by atoms with E-state index < -0.39 is 34.7 Å². The summed E-state index contributed by atoms with van der Waals surface area (Å²) in [6.07, 6.45) is 0.620. The zero-order valence-corrected chi connectivity index (χ0v) is 11.3. The molecule has 1 heterocycles. The summed E-state index contributed by atoms with van der Waals surface area (Å²) in [6.45, 7) is 1.86. The molecular weight excluding hydrogens is 287 g/mol. The van der Waals surface area contributed by atoms with Crippen molar-refractivity contribution in [2.75, 3.05) is 13.1 Å². The number of nitrogens with zero attached hydrogens (tertiary/aromatic N) is 1. The van der Waals surface area contributed by atoms with Crippen molar-refractivity contribution < 1.29 is 27.9 Å². The van der Waals surface area contributed by atoms with E-state index in [0.717, 1.165) is 0 Å². The van der Waals surface area contributed by atoms with Crippen LogP contribution in [0.2, 0.25) is 0 Å². The van der Waals surface area contributed by atoms with Gasteiger partial charge in [0.05, 0.1) is 5.41 Å². The largest absolute Gasteiger partial charge is 0.481 e. The van der Waals surface area contributed by atoms with Crippen molar-refractivity contribution in [1.29, 1.82) is 0 Å². The molecule has 114 valence electrons. The first-order chi connectivity index (χ1) is 9.80. The van der Waals surface area contributed by atoms with E-state index >= 15 is 0 Å². The van der Waals surface area contributed by atoms with Crippen molar-refractivity contribution >= 4 is 11.9 Å². The third kappa shape index (κ3) is 2.59. The molecule has 1 atom stereocenters. The predicted octanol–water partition coefficient (Wildman–Crippen LogP) is 2.43. The second-order valence-corrected chi connectivity index (χ2v) is 5.17. The molecule has 0 spiro atoms. The maximum atomic E-state index is 13.2. The van der Waals surface area contributed by atoms with Crippen LogP contribution in [0.4, 0.5) is 13.2 Å². The highest BCUT2D eigenvalue weighted by molar-refractivity contribution is 5.95. The Bertz CT molecular complexity index is 582. The molecule has 1 aromatic rings. The maximum absolute atomic E-state index is 13.2. The number of carbonyl (C=O) groups excluding carboxylic acids is 1. The Morgan fingerprint density at radius 3 is 2.29 bits per heavy atom. The number of carbonyl (C=O) groups is 2. The van der Waals surface area contributed by atoms with Gasteiger partial charge in [-0.15, -0.1) is 0 Å². The number of aliphatic carboxylic acids is 1. The van der Waals surface area contributed by atoms with E-state index in [-0.39, 0.29) is 25.1 Å². The summed E-state index contributed by atoms with van der Waals surface area (Å²) >= 11 is 0. The molecule has 1 unspecified atom stereocenters. The standard InChI is InChI=1S/C14H14F3NO3/c1-2-14(13(20)21)3-4-18(7-14)12(19)8-5-9(15)11(17)10(16)6-8/h5-6H,2-4,7H2,1H3,(H,20,21). The average Bonchev–Trinajstić information content (AvgIpc) is 2.89. The van der Waals surface area contributed by atoms with Crippen molar-refractivity contribution in [2.24, 2.45) is 5.41 Å². The molecule has 1 N–H and O–H groups in total. The van der Waals surface area contributed by atoms with Gasteiger partial charge in [-0.1, -0.05) is 6.92 Å². The van der Waals surface area contributed by atoms with E-state index in [4.69, 9.17) is 0 Å². The highest BCUT2D eigenvalue weighted by Crippen LogP contribution is 2.35. The Morgan fingerprint density at radius 2 is 1.86 bits per heavy atom. The van der Waals surface area contributed by atoms with Gasteiger partial charge in [-0.2, -0.15) is 0 Å². The third-order valence-electron chi connectivity index (χ3n) is 4.00. The van der Waals surface area contributed by atoms with Crippen molar-refractivity contribution in [2.45, 2.75) is 19.8 Å². The van der Waals surface area contributed by atoms with E-state index in [9.17, 15) is 27.9 Å². The molecule has 1 fully saturated rings. The smallest absolute Gasteiger partial charge is 0.311 e. The second-order valence-electron chi connectivity index (χ2n) is 5.17. The Balaban J connectivity index is 2.25. The predicted molar refractivity (Wildman–Crippen MR) is 67.2 cm³/mol. The second kappa shape index (κ2) is 5.38. The van der Waals surface area contributed by atoms with Gasteiger partial charge in [0.15, 0.2) is 17.5 Å². The van der Waals surface area contributed by atoms with Gasteiger partial charge in [0.25, 0.3) is 5.91 Å². The molecule has 4 nitrogen and oxygen atoms in total. The number of rotatable bonds is 3. The van der Waals surface area contributed by atoms with Crippen LogP contribution in [0.3, 0.4) is 0 Å². The molecule has 1 aliphatic heterocycles. The fraction of sp³-hybridized carbons (Fsp3) is 0.429. The molecule has 1 aliphatic rings. The fourth-order valence-electron chi connectivity index (χ4n) is 2.52. The summed E-state index contributed by atoms with van der Waals surface area (Å²) in [4.78, 5) is 24.7. The zero-order valence-electron chi connectivity index (χ0n) is 11.3. The summed E-state index contributed by atoms with van der Waals surface area (Å²) in [6, 6.07) is 1.24. The Hall–Kier alpha value is -2.05. The van der Waals surface area contributed by atoms with E-state index in [1.54, 1.807) is 6.92 Å². The normalized spacial score (nSPS) is 21.6. The summed E-state index contributed by atoms with van der Waals surface area (Å²) in [5.74, 6) is -6.24. The number of carboxylic acids is 1. The summed E-state index contributed by atoms with van der Waals surface area (Å²) in [5.41, 5.74) is -1.36. The summed E-state index contributed by atoms with van der Waals surface area (Å²) in [5, 5.41) is 9.25. The lowest BCUT2D eigenvalue weighted by Crippen LogP contribution is -2.36. The van der Waals surface area contributed by atoms with Crippen LogP contribution >= 0.6 is 0 Å². The van der Waals surface area contributed by atoms with Gasteiger partial charge in [0, 0.05) is 18.7 Å². The first kappa shape index (κ1) is 15.3. The van der Waals surface area contributed by atoms with Gasteiger partial charge in [0.2, 0.25) is 0 Å². The van der Waals surface area contributed by atoms with Gasteiger partial charge in [-0.3, -0.25) is 9.59 Å². The van der Waals surface area contributed by atoms with Crippen LogP contribution in [-0.4, -0.2) is 35.0 Å². The number of halogens is 3. The van der Waals surface area contributed by atoms with Gasteiger partial charge < -0.3 is 10.0 Å². The lowest BCUT2D eigenvalue weighted by atomic mass is 9.84. The topological polar surface area (TPSA) is 57.6 Å². The molecule has 21 heavy (non-hydrogen) atoms. The summed E-state index contributed by atoms with van der Waals surface area (Å²) in [7, 11) is 0. The molecule has 2 rings (SSSR count). The van der Waals surface area contributed by atoms with Crippen LogP contribution in [-0.2, 0) is 4.79 Å². The van der Waals surface area contributed by atoms with Gasteiger partial charge in [0.1, 0.15) is 0 Å². The van der Waals surface area contributed by atoms with Crippen LogP contribution in [0.25, 0.3) is 0 Å². The lowest BCUT2D eigenvalue weighted by molar-refractivity contribution is -0.148. The molecule has 1 amide bonds. The van der Waals surface area contributed by atoms with Crippen LogP contribution < -0.4 is 0 Å². The van der Waals surface area contributed by atoms with Crippen molar-refractivity contribution in [3.8, 4) is 0 Å². The van der Waals surface area contributed by atoms with E-state index in [1.165, 1.54) is 4.90 Å². The molecule has 1 aromatic carbocycles. The van der Waals surface area contributed by atoms with Crippen molar-refractivity contribution in [1.82, 2.24) is 4.90 Å². The molecule has 0 aromatic heterocycles. The molecule has 0 aliphatic carbocycles. The van der Waals surface area contributed by atoms with Gasteiger partial charge >= 0.3 is 5.97 Å². The zero-order chi connectivity index (χ0) is 15.8. The van der Waals surface area contributed by atoms with Crippen molar-refractivity contribution in [3.63, 3.8) is 0 Å². The monoisotopic (exact) mass is 301 g/mol. The van der Waals surface area contributed by atoms with Crippen LogP contribution in [0.1, 0.15) is 30.1 Å². The minimum absolute atomic E-state index is 0.0295. The van der Waals surface area contributed by atoms with E-state index in [2.05, 4.69) is 0 Å². The number of benzene rings is 1. The van der Waals surface area contributed by atoms with Crippen LogP contribution in [0, 0.1) is 22.9 Å². The number of hydrogen-bond donors (Lipinski definition) is 1. The molecule has 0 radical (unpaired) electrons. The number of hydrogen-bond acceptors (Lipinski definition) is 2. The number of likely N-dealkylation sites (tertiary alicyclic amines) is 1. The highest BCUT2D eigenvalue weighted by Gasteiger charge is 2.44. The van der Waals surface area contributed by atoms with E-state index in [0.29, 0.717) is 18.6 Å². The van der Waals surface area contributed by atoms with Crippen LogP contribution in [0.5, 0.6) is 0 Å². The minimum Gasteiger partial charge on any atom is -0.481 e. The van der Waals surface area contributed by atoms with Gasteiger partial charge in [-0.05, 0) is 25.0 Å². The quantitative estimate of drug-likeness (QED) is 0.872. The van der Waals surface area contributed by atoms with Crippen LogP contribution in [0.15, 0.2) is 12.1 Å². The van der Waals surface area contributed by atoms with Gasteiger partial charge in [-0.25, -0.2) is 13.2 Å². The van der Waals surface area contributed by atoms with E-state index in [1.807, 2.05) is 0 Å². The first-order valence-corrected chi connectivity index (χ1v) is 6.48. The Morgan fingerprint density at radius 1 is 1.29 bits per heavy atom. The minimum atomic E-state index is -1.64. The number of amides is 1. The Kier molecular flexibility index (Phi) is 3.93. The third-order valence-corrected chi connectivity index (χ3v) is 4.00. The maximum Gasteiger partial charge on any atom is 0.311 e. The Labute approximate surface area is 119 Å². The molecule has 7 heteroatoms. The highest BCUT2D eigenvalue weighted by atomic mass is 19.2. The van der Waals surface area contributed by atoms with Crippen molar-refractivity contribution in [3.05, 3.63) is 35.1 Å². The average molecular weight is 301 g/mol. The molecule has 1 saturated heterocycles. The SMILES string of the molecule is CCC1(C(=O)O)CCN(C(=O)c2cc(F)c(F)c(F)c2)C1. The fourth-order valence-corrected chi connectivity index (χ4v) is 2.52. The first-order valence-electron chi connectivity index (χ1n) is 6.48. The molecule has 0 saturated carbocycles. The molecule has 0 bridgehead atoms. The molecular formula is C14H14F3NO3.